The molecular formula is C4H3N9O4. The molecule has 0 saturated heterocycles. The molecular weight excluding hydrogens is 238 g/mol. The van der Waals surface area contributed by atoms with Gasteiger partial charge in [-0.2, -0.15) is 0 Å². The van der Waals surface area contributed by atoms with E-state index in [4.69, 9.17) is 5.73 Å². The molecule has 1 aromatic heterocycles. The Morgan fingerprint density at radius 2 is 2.00 bits per heavy atom. The zero-order valence-corrected chi connectivity index (χ0v) is 7.84. The van der Waals surface area contributed by atoms with Crippen LogP contribution in [0.5, 0.6) is 0 Å². The van der Waals surface area contributed by atoms with Crippen LogP contribution in [0.2, 0.25) is 0 Å². The number of rotatable bonds is 2. The van der Waals surface area contributed by atoms with Gasteiger partial charge in [-0.25, -0.2) is 0 Å². The minimum Gasteiger partial charge on any atom is -0.358 e. The van der Waals surface area contributed by atoms with Gasteiger partial charge in [0, 0.05) is 5.21 Å². The van der Waals surface area contributed by atoms with Crippen LogP contribution >= 0.6 is 0 Å². The first-order valence-corrected chi connectivity index (χ1v) is 3.96. The molecule has 0 fully saturated rings. The summed E-state index contributed by atoms with van der Waals surface area (Å²) in [7, 11) is 0. The van der Waals surface area contributed by atoms with Crippen molar-refractivity contribution >= 4 is 11.7 Å². The van der Waals surface area contributed by atoms with Gasteiger partial charge in [0.2, 0.25) is 5.69 Å². The van der Waals surface area contributed by atoms with E-state index >= 15 is 0 Å². The van der Waals surface area contributed by atoms with Crippen molar-refractivity contribution in [2.24, 2.45) is 21.2 Å². The lowest BCUT2D eigenvalue weighted by molar-refractivity contribution is -0.391. The maximum atomic E-state index is 10.6. The Labute approximate surface area is 90.7 Å². The number of aromatic amines is 1. The van der Waals surface area contributed by atoms with Gasteiger partial charge >= 0.3 is 11.7 Å². The van der Waals surface area contributed by atoms with Crippen molar-refractivity contribution in [3.05, 3.63) is 25.9 Å². The lowest BCUT2D eigenvalue weighted by atomic mass is 10.1. The number of nitrogens with zero attached hydrogens (tertiary/aromatic N) is 7. The summed E-state index contributed by atoms with van der Waals surface area (Å²) in [5, 5.41) is 39.1. The van der Waals surface area contributed by atoms with E-state index in [-0.39, 0.29) is 0 Å². The highest BCUT2D eigenvalue weighted by Crippen LogP contribution is 2.30. The molecule has 1 aromatic rings. The molecule has 17 heavy (non-hydrogen) atoms. The molecule has 1 aliphatic rings. The van der Waals surface area contributed by atoms with Gasteiger partial charge in [-0.05, 0) is 9.85 Å². The van der Waals surface area contributed by atoms with Crippen molar-refractivity contribution in [1.29, 1.82) is 0 Å². The fourth-order valence-corrected chi connectivity index (χ4v) is 1.19. The van der Waals surface area contributed by atoms with E-state index in [0.717, 1.165) is 0 Å². The zero-order chi connectivity index (χ0) is 12.6. The second-order valence-electron chi connectivity index (χ2n) is 2.90. The number of hydrogen-bond donors (Lipinski definition) is 2. The van der Waals surface area contributed by atoms with Crippen molar-refractivity contribution in [2.75, 3.05) is 0 Å². The average Bonchev–Trinajstić information content (AvgIpc) is 2.82. The molecule has 0 amide bonds. The molecule has 1 atom stereocenters. The molecule has 0 saturated carbocycles. The summed E-state index contributed by atoms with van der Waals surface area (Å²) in [6.07, 6.45) is 0. The lowest BCUT2D eigenvalue weighted by Gasteiger charge is -2.11. The molecule has 2 heterocycles. The van der Waals surface area contributed by atoms with Crippen molar-refractivity contribution in [3.8, 4) is 0 Å². The van der Waals surface area contributed by atoms with Crippen LogP contribution in [-0.2, 0) is 5.66 Å². The third-order valence-electron chi connectivity index (χ3n) is 1.93. The Morgan fingerprint density at radius 3 is 2.59 bits per heavy atom. The van der Waals surface area contributed by atoms with Gasteiger partial charge in [0.15, 0.2) is 0 Å². The maximum absolute atomic E-state index is 10.6. The first-order chi connectivity index (χ1) is 7.97. The van der Waals surface area contributed by atoms with E-state index in [2.05, 4.69) is 25.8 Å². The van der Waals surface area contributed by atoms with Gasteiger partial charge in [-0.1, -0.05) is 0 Å². The van der Waals surface area contributed by atoms with Gasteiger partial charge in [-0.15, -0.1) is 15.3 Å². The topological polar surface area (TPSA) is 191 Å². The summed E-state index contributed by atoms with van der Waals surface area (Å²) in [6, 6.07) is 0. The predicted octanol–water partition coefficient (Wildman–Crippen LogP) is -1.12. The number of nitrogens with two attached hydrogens (primary N) is 1. The van der Waals surface area contributed by atoms with Crippen LogP contribution < -0.4 is 5.73 Å². The Morgan fingerprint density at radius 1 is 1.29 bits per heavy atom. The van der Waals surface area contributed by atoms with Gasteiger partial charge in [0.25, 0.3) is 5.66 Å². The van der Waals surface area contributed by atoms with Crippen molar-refractivity contribution in [3.63, 3.8) is 0 Å². The number of hydrogen-bond acceptors (Lipinski definition) is 10. The maximum Gasteiger partial charge on any atom is 0.419 e. The molecule has 1 unspecified atom stereocenters. The number of nitrogens with one attached hydrogen (secondary N) is 1. The molecule has 0 bridgehead atoms. The Balaban J connectivity index is 2.56. The molecule has 3 N–H and O–H groups in total. The van der Waals surface area contributed by atoms with Gasteiger partial charge in [0.1, 0.15) is 5.10 Å². The van der Waals surface area contributed by atoms with Crippen LogP contribution in [0.4, 0.5) is 5.82 Å². The number of H-pyrrole nitrogens is 1. The highest BCUT2D eigenvalue weighted by molar-refractivity contribution is 5.86. The van der Waals surface area contributed by atoms with Crippen molar-refractivity contribution in [2.45, 2.75) is 5.66 Å². The highest BCUT2D eigenvalue weighted by atomic mass is 16.6. The molecule has 13 nitrogen and oxygen atoms in total. The molecule has 0 spiro atoms. The fourth-order valence-electron chi connectivity index (χ4n) is 1.19. The van der Waals surface area contributed by atoms with E-state index in [9.17, 15) is 20.2 Å². The molecule has 0 aromatic carbocycles. The average molecular weight is 241 g/mol. The van der Waals surface area contributed by atoms with E-state index < -0.39 is 32.9 Å². The lowest BCUT2D eigenvalue weighted by Crippen LogP contribution is -2.45. The molecule has 88 valence electrons. The monoisotopic (exact) mass is 241 g/mol. The van der Waals surface area contributed by atoms with Crippen molar-refractivity contribution in [1.82, 2.24) is 15.4 Å². The van der Waals surface area contributed by atoms with Crippen LogP contribution in [0, 0.1) is 20.2 Å². The van der Waals surface area contributed by atoms with Crippen LogP contribution in [-0.4, -0.2) is 31.1 Å². The molecule has 13 heteroatoms. The SMILES string of the molecule is NC1(c2nn[nH]c2[N+](=O)[O-])N=NN=C1[N+](=O)[O-]. The molecule has 0 aliphatic carbocycles. The summed E-state index contributed by atoms with van der Waals surface area (Å²) < 4.78 is 0. The molecule has 0 radical (unpaired) electrons. The summed E-state index contributed by atoms with van der Waals surface area (Å²) in [5.74, 6) is -1.57. The van der Waals surface area contributed by atoms with Crippen molar-refractivity contribution < 1.29 is 9.85 Å². The van der Waals surface area contributed by atoms with Crippen LogP contribution in [0.1, 0.15) is 5.69 Å². The molecule has 1 aliphatic heterocycles. The number of amidine groups is 1. The minimum absolute atomic E-state index is 0.529. The Hall–Kier alpha value is -2.83. The normalized spacial score (nSPS) is 22.5. The van der Waals surface area contributed by atoms with Crippen LogP contribution in [0.15, 0.2) is 15.4 Å². The van der Waals surface area contributed by atoms with Gasteiger partial charge in [-0.3, -0.25) is 5.73 Å². The number of aromatic nitrogens is 3. The Bertz CT molecular complexity index is 559. The second kappa shape index (κ2) is 3.34. The van der Waals surface area contributed by atoms with Crippen LogP contribution in [0.3, 0.4) is 0 Å². The fraction of sp³-hybridized carbons (Fsp3) is 0.250. The van der Waals surface area contributed by atoms with Gasteiger partial charge < -0.3 is 20.2 Å². The second-order valence-corrected chi connectivity index (χ2v) is 2.90. The molecule has 2 rings (SSSR count). The minimum atomic E-state index is -2.21. The smallest absolute Gasteiger partial charge is 0.358 e. The van der Waals surface area contributed by atoms with Crippen LogP contribution in [0.25, 0.3) is 0 Å². The zero-order valence-electron chi connectivity index (χ0n) is 7.84. The summed E-state index contributed by atoms with van der Waals surface area (Å²) in [5.41, 5.74) is 2.81. The summed E-state index contributed by atoms with van der Waals surface area (Å²) in [4.78, 5) is 19.4. The standard InChI is InChI=1S/C4H3N9O4/c5-4(3(13(16)17)8-11-9-4)1-2(12(14)15)7-10-6-1/h5H2,(H,6,7,10). The van der Waals surface area contributed by atoms with E-state index in [1.807, 2.05) is 5.10 Å². The quantitative estimate of drug-likeness (QED) is 0.483. The third kappa shape index (κ3) is 1.41. The van der Waals surface area contributed by atoms with E-state index in [0.29, 0.717) is 0 Å². The third-order valence-corrected chi connectivity index (χ3v) is 1.93. The predicted molar refractivity (Wildman–Crippen MR) is 48.2 cm³/mol. The van der Waals surface area contributed by atoms with Gasteiger partial charge in [0.05, 0.1) is 5.22 Å². The largest absolute Gasteiger partial charge is 0.419 e. The van der Waals surface area contributed by atoms with E-state index in [1.165, 1.54) is 0 Å². The first-order valence-electron chi connectivity index (χ1n) is 3.96. The summed E-state index contributed by atoms with van der Waals surface area (Å²) >= 11 is 0. The number of nitro groups is 2. The van der Waals surface area contributed by atoms with E-state index in [1.54, 1.807) is 0 Å². The first kappa shape index (κ1) is 10.7. The highest BCUT2D eigenvalue weighted by Gasteiger charge is 2.54. The Kier molecular flexibility index (Phi) is 2.10. The summed E-state index contributed by atoms with van der Waals surface area (Å²) in [6.45, 7) is 0.